The largest absolute Gasteiger partial charge is 0.480 e. The van der Waals surface area contributed by atoms with Crippen molar-refractivity contribution in [3.8, 4) is 0 Å². The van der Waals surface area contributed by atoms with Crippen LogP contribution in [-0.4, -0.2) is 26.4 Å². The van der Waals surface area contributed by atoms with E-state index in [1.54, 1.807) is 0 Å². The summed E-state index contributed by atoms with van der Waals surface area (Å²) in [5, 5.41) is 13.6. The van der Waals surface area contributed by atoms with Crippen LogP contribution >= 0.6 is 0 Å². The molecule has 0 amide bonds. The molecular formula is C13H21N3O2. The maximum Gasteiger partial charge on any atom is 0.323 e. The van der Waals surface area contributed by atoms with Gasteiger partial charge in [-0.1, -0.05) is 6.42 Å². The van der Waals surface area contributed by atoms with Gasteiger partial charge in [0, 0.05) is 12.2 Å². The molecular weight excluding hydrogens is 230 g/mol. The number of carboxylic acids is 1. The van der Waals surface area contributed by atoms with Crippen LogP contribution in [-0.2, 0) is 11.3 Å². The number of rotatable bonds is 4. The topological polar surface area (TPSA) is 81.1 Å². The van der Waals surface area contributed by atoms with Crippen molar-refractivity contribution in [3.05, 3.63) is 17.5 Å². The van der Waals surface area contributed by atoms with Crippen LogP contribution in [0.1, 0.15) is 37.1 Å². The van der Waals surface area contributed by atoms with Crippen LogP contribution < -0.4 is 5.73 Å². The number of aromatic nitrogens is 2. The molecule has 0 saturated heterocycles. The molecule has 1 aliphatic carbocycles. The molecule has 1 fully saturated rings. The lowest BCUT2D eigenvalue weighted by molar-refractivity contribution is -0.144. The summed E-state index contributed by atoms with van der Waals surface area (Å²) >= 11 is 0. The van der Waals surface area contributed by atoms with Crippen molar-refractivity contribution >= 4 is 5.97 Å². The molecule has 1 aliphatic rings. The van der Waals surface area contributed by atoms with E-state index in [-0.39, 0.29) is 5.92 Å². The summed E-state index contributed by atoms with van der Waals surface area (Å²) in [6.45, 7) is 4.72. The average Bonchev–Trinajstić information content (AvgIpc) is 2.80. The second kappa shape index (κ2) is 4.72. The Labute approximate surface area is 107 Å². The summed E-state index contributed by atoms with van der Waals surface area (Å²) in [6, 6.07) is 2.03. The summed E-state index contributed by atoms with van der Waals surface area (Å²) < 4.78 is 1.94. The first-order valence-electron chi connectivity index (χ1n) is 6.47. The number of carboxylic acid groups (broad SMARTS) is 1. The molecule has 0 radical (unpaired) electrons. The Morgan fingerprint density at radius 3 is 2.94 bits per heavy atom. The minimum Gasteiger partial charge on any atom is -0.480 e. The normalized spacial score (nSPS) is 27.6. The van der Waals surface area contributed by atoms with Crippen LogP contribution in [0.15, 0.2) is 6.07 Å². The van der Waals surface area contributed by atoms with Crippen molar-refractivity contribution in [1.29, 1.82) is 0 Å². The maximum atomic E-state index is 11.3. The predicted octanol–water partition coefficient (Wildman–Crippen LogP) is 1.47. The lowest BCUT2D eigenvalue weighted by Crippen LogP contribution is -2.51. The zero-order chi connectivity index (χ0) is 13.3. The minimum absolute atomic E-state index is 0.0545. The van der Waals surface area contributed by atoms with Gasteiger partial charge in [0.25, 0.3) is 0 Å². The number of carbonyl (C=O) groups is 1. The Kier molecular flexibility index (Phi) is 3.43. The van der Waals surface area contributed by atoms with Gasteiger partial charge in [-0.2, -0.15) is 5.10 Å². The van der Waals surface area contributed by atoms with Crippen LogP contribution in [0, 0.1) is 19.8 Å². The molecule has 1 saturated carbocycles. The number of hydrogen-bond acceptors (Lipinski definition) is 3. The summed E-state index contributed by atoms with van der Waals surface area (Å²) in [7, 11) is 0. The number of nitrogens with zero attached hydrogens (tertiary/aromatic N) is 2. The van der Waals surface area contributed by atoms with E-state index in [2.05, 4.69) is 5.10 Å². The van der Waals surface area contributed by atoms with Crippen molar-refractivity contribution in [2.24, 2.45) is 11.7 Å². The Morgan fingerprint density at radius 2 is 2.39 bits per heavy atom. The van der Waals surface area contributed by atoms with Gasteiger partial charge in [-0.15, -0.1) is 0 Å². The third-order valence-electron chi connectivity index (χ3n) is 4.06. The molecule has 1 aromatic rings. The van der Waals surface area contributed by atoms with Gasteiger partial charge in [-0.3, -0.25) is 9.48 Å². The van der Waals surface area contributed by atoms with Crippen LogP contribution in [0.25, 0.3) is 0 Å². The molecule has 1 heterocycles. The van der Waals surface area contributed by atoms with Crippen molar-refractivity contribution in [1.82, 2.24) is 9.78 Å². The first-order valence-corrected chi connectivity index (χ1v) is 6.47. The van der Waals surface area contributed by atoms with Crippen LogP contribution in [0.2, 0.25) is 0 Å². The average molecular weight is 251 g/mol. The molecule has 5 heteroatoms. The van der Waals surface area contributed by atoms with E-state index in [0.717, 1.165) is 37.2 Å². The van der Waals surface area contributed by atoms with Gasteiger partial charge < -0.3 is 10.8 Å². The van der Waals surface area contributed by atoms with Crippen LogP contribution in [0.5, 0.6) is 0 Å². The molecule has 2 unspecified atom stereocenters. The van der Waals surface area contributed by atoms with Gasteiger partial charge in [0.15, 0.2) is 0 Å². The Morgan fingerprint density at radius 1 is 1.67 bits per heavy atom. The Hall–Kier alpha value is -1.36. The van der Waals surface area contributed by atoms with Gasteiger partial charge in [-0.05, 0) is 45.1 Å². The molecule has 0 bridgehead atoms. The fraction of sp³-hybridized carbons (Fsp3) is 0.692. The fourth-order valence-corrected chi connectivity index (χ4v) is 2.97. The highest BCUT2D eigenvalue weighted by Crippen LogP contribution is 2.36. The van der Waals surface area contributed by atoms with Crippen molar-refractivity contribution < 1.29 is 9.90 Å². The lowest BCUT2D eigenvalue weighted by Gasteiger charge is -2.26. The number of aryl methyl sites for hydroxylation is 3. The van der Waals surface area contributed by atoms with E-state index in [1.165, 1.54) is 0 Å². The first kappa shape index (κ1) is 13.1. The van der Waals surface area contributed by atoms with Gasteiger partial charge in [0.1, 0.15) is 5.54 Å². The van der Waals surface area contributed by atoms with Crippen LogP contribution in [0.3, 0.4) is 0 Å². The third kappa shape index (κ3) is 2.27. The van der Waals surface area contributed by atoms with E-state index < -0.39 is 11.5 Å². The second-order valence-electron chi connectivity index (χ2n) is 5.37. The van der Waals surface area contributed by atoms with Gasteiger partial charge in [0.2, 0.25) is 0 Å². The molecule has 0 aromatic carbocycles. The standard InChI is InChI=1S/C13H21N3O2/c1-9-8-10(2)16(15-9)7-5-11-4-3-6-13(11,14)12(17)18/h8,11H,3-7,14H2,1-2H3,(H,17,18). The summed E-state index contributed by atoms with van der Waals surface area (Å²) in [5.41, 5.74) is 7.10. The zero-order valence-electron chi connectivity index (χ0n) is 11.0. The van der Waals surface area contributed by atoms with E-state index in [9.17, 15) is 9.90 Å². The first-order chi connectivity index (χ1) is 8.43. The second-order valence-corrected chi connectivity index (χ2v) is 5.37. The smallest absolute Gasteiger partial charge is 0.323 e. The highest BCUT2D eigenvalue weighted by Gasteiger charge is 2.45. The minimum atomic E-state index is -1.03. The lowest BCUT2D eigenvalue weighted by atomic mass is 9.86. The van der Waals surface area contributed by atoms with Gasteiger partial charge >= 0.3 is 5.97 Å². The monoisotopic (exact) mass is 251 g/mol. The summed E-state index contributed by atoms with van der Waals surface area (Å²) in [5.74, 6) is -0.808. The van der Waals surface area contributed by atoms with Crippen LogP contribution in [0.4, 0.5) is 0 Å². The van der Waals surface area contributed by atoms with Gasteiger partial charge in [-0.25, -0.2) is 0 Å². The van der Waals surface area contributed by atoms with Gasteiger partial charge in [0.05, 0.1) is 5.69 Å². The molecule has 3 N–H and O–H groups in total. The fourth-order valence-electron chi connectivity index (χ4n) is 2.97. The molecule has 100 valence electrons. The van der Waals surface area contributed by atoms with Crippen molar-refractivity contribution in [2.45, 2.75) is 51.6 Å². The molecule has 0 aliphatic heterocycles. The van der Waals surface area contributed by atoms with E-state index in [1.807, 2.05) is 24.6 Å². The number of aliphatic carboxylic acids is 1. The molecule has 2 atom stereocenters. The highest BCUT2D eigenvalue weighted by molar-refractivity contribution is 5.79. The quantitative estimate of drug-likeness (QED) is 0.849. The molecule has 2 rings (SSSR count). The third-order valence-corrected chi connectivity index (χ3v) is 4.06. The molecule has 5 nitrogen and oxygen atoms in total. The maximum absolute atomic E-state index is 11.3. The highest BCUT2D eigenvalue weighted by atomic mass is 16.4. The van der Waals surface area contributed by atoms with E-state index in [4.69, 9.17) is 5.73 Å². The summed E-state index contributed by atoms with van der Waals surface area (Å²) in [4.78, 5) is 11.3. The predicted molar refractivity (Wildman–Crippen MR) is 68.2 cm³/mol. The molecule has 18 heavy (non-hydrogen) atoms. The Bertz CT molecular complexity index is 455. The molecule has 0 spiro atoms. The van der Waals surface area contributed by atoms with E-state index in [0.29, 0.717) is 6.42 Å². The Balaban J connectivity index is 2.02. The van der Waals surface area contributed by atoms with Crippen molar-refractivity contribution in [2.75, 3.05) is 0 Å². The van der Waals surface area contributed by atoms with E-state index >= 15 is 0 Å². The summed E-state index contributed by atoms with van der Waals surface area (Å²) in [6.07, 6.45) is 3.18. The SMILES string of the molecule is Cc1cc(C)n(CCC2CCCC2(N)C(=O)O)n1. The molecule has 1 aromatic heterocycles. The number of hydrogen-bond donors (Lipinski definition) is 2. The zero-order valence-corrected chi connectivity index (χ0v) is 11.0. The van der Waals surface area contributed by atoms with Crippen molar-refractivity contribution in [3.63, 3.8) is 0 Å². The number of nitrogens with two attached hydrogens (primary N) is 1.